The van der Waals surface area contributed by atoms with Gasteiger partial charge in [-0.25, -0.2) is 19.7 Å². The van der Waals surface area contributed by atoms with Gasteiger partial charge in [-0.3, -0.25) is 0 Å². The number of rotatable bonds is 2. The highest BCUT2D eigenvalue weighted by molar-refractivity contribution is 6.33. The number of carbonyl (C=O) groups is 1. The quantitative estimate of drug-likeness (QED) is 0.688. The molecular formula is C18H23Cl2N5O2. The van der Waals surface area contributed by atoms with Crippen molar-refractivity contribution in [2.24, 2.45) is 7.05 Å². The van der Waals surface area contributed by atoms with Crippen LogP contribution < -0.4 is 0 Å². The van der Waals surface area contributed by atoms with E-state index in [1.165, 1.54) is 6.20 Å². The Bertz CT molecular complexity index is 839. The minimum atomic E-state index is -0.486. The fraction of sp³-hybridized carbons (Fsp3) is 0.556. The van der Waals surface area contributed by atoms with Crippen molar-refractivity contribution in [3.8, 4) is 11.4 Å². The third-order valence-corrected chi connectivity index (χ3v) is 4.95. The van der Waals surface area contributed by atoms with Gasteiger partial charge in [0.05, 0.1) is 23.1 Å². The van der Waals surface area contributed by atoms with Crippen LogP contribution in [0.5, 0.6) is 0 Å². The molecule has 1 aliphatic heterocycles. The average molecular weight is 412 g/mol. The Hall–Kier alpha value is -1.86. The summed E-state index contributed by atoms with van der Waals surface area (Å²) >= 11 is 12.1. The van der Waals surface area contributed by atoms with Crippen molar-refractivity contribution in [3.05, 3.63) is 28.5 Å². The molecule has 1 amide bonds. The van der Waals surface area contributed by atoms with Gasteiger partial charge in [-0.05, 0) is 45.2 Å². The van der Waals surface area contributed by atoms with E-state index in [1.807, 2.05) is 32.4 Å². The first-order valence-electron chi connectivity index (χ1n) is 8.83. The summed E-state index contributed by atoms with van der Waals surface area (Å²) in [6.45, 7) is 6.90. The van der Waals surface area contributed by atoms with Gasteiger partial charge in [-0.15, -0.1) is 0 Å². The molecule has 0 bridgehead atoms. The van der Waals surface area contributed by atoms with Crippen LogP contribution in [0.1, 0.15) is 45.4 Å². The van der Waals surface area contributed by atoms with Crippen molar-refractivity contribution in [1.29, 1.82) is 0 Å². The molecule has 0 unspecified atom stereocenters. The van der Waals surface area contributed by atoms with Crippen molar-refractivity contribution in [2.45, 2.75) is 45.1 Å². The molecule has 27 heavy (non-hydrogen) atoms. The molecule has 1 fully saturated rings. The summed E-state index contributed by atoms with van der Waals surface area (Å²) in [4.78, 5) is 26.7. The highest BCUT2D eigenvalue weighted by Gasteiger charge is 2.29. The van der Waals surface area contributed by atoms with E-state index < -0.39 is 5.60 Å². The zero-order valence-electron chi connectivity index (χ0n) is 15.9. The molecule has 0 spiro atoms. The summed E-state index contributed by atoms with van der Waals surface area (Å²) < 4.78 is 7.44. The van der Waals surface area contributed by atoms with E-state index in [0.29, 0.717) is 23.8 Å². The van der Waals surface area contributed by atoms with Crippen LogP contribution in [-0.2, 0) is 11.8 Å². The molecule has 0 atom stereocenters. The normalized spacial score (nSPS) is 15.9. The summed E-state index contributed by atoms with van der Waals surface area (Å²) in [6.07, 6.45) is 4.62. The lowest BCUT2D eigenvalue weighted by Gasteiger charge is -2.33. The van der Waals surface area contributed by atoms with Gasteiger partial charge in [0.15, 0.2) is 0 Å². The predicted octanol–water partition coefficient (Wildman–Crippen LogP) is 4.30. The molecule has 2 aromatic rings. The van der Waals surface area contributed by atoms with E-state index >= 15 is 0 Å². The van der Waals surface area contributed by atoms with Crippen LogP contribution in [0.4, 0.5) is 4.79 Å². The van der Waals surface area contributed by atoms with E-state index in [-0.39, 0.29) is 17.3 Å². The van der Waals surface area contributed by atoms with Crippen LogP contribution in [0.2, 0.25) is 10.3 Å². The lowest BCUT2D eigenvalue weighted by molar-refractivity contribution is 0.0202. The molecule has 0 radical (unpaired) electrons. The van der Waals surface area contributed by atoms with Gasteiger partial charge in [-0.2, -0.15) is 0 Å². The zero-order chi connectivity index (χ0) is 19.8. The van der Waals surface area contributed by atoms with E-state index in [1.54, 1.807) is 11.1 Å². The molecule has 0 saturated carbocycles. The molecule has 146 valence electrons. The highest BCUT2D eigenvalue weighted by Crippen LogP contribution is 2.32. The molecule has 3 heterocycles. The second-order valence-electron chi connectivity index (χ2n) is 7.64. The van der Waals surface area contributed by atoms with E-state index in [9.17, 15) is 4.79 Å². The number of nitrogens with zero attached hydrogens (tertiary/aromatic N) is 5. The minimum absolute atomic E-state index is 0.141. The van der Waals surface area contributed by atoms with Gasteiger partial charge in [0.1, 0.15) is 17.1 Å². The summed E-state index contributed by atoms with van der Waals surface area (Å²) in [6, 6.07) is 0. The number of piperidine rings is 1. The maximum atomic E-state index is 12.2. The number of carbonyl (C=O) groups excluding carboxylic acids is 1. The molecule has 1 aliphatic rings. The molecule has 0 aliphatic carbocycles. The minimum Gasteiger partial charge on any atom is -0.444 e. The monoisotopic (exact) mass is 411 g/mol. The second-order valence-corrected chi connectivity index (χ2v) is 8.38. The van der Waals surface area contributed by atoms with E-state index in [0.717, 1.165) is 24.4 Å². The number of aromatic nitrogens is 4. The molecule has 9 heteroatoms. The van der Waals surface area contributed by atoms with Gasteiger partial charge < -0.3 is 14.2 Å². The van der Waals surface area contributed by atoms with Crippen molar-refractivity contribution >= 4 is 29.3 Å². The molecule has 1 saturated heterocycles. The fourth-order valence-electron chi connectivity index (χ4n) is 3.20. The van der Waals surface area contributed by atoms with Gasteiger partial charge in [0, 0.05) is 26.1 Å². The average Bonchev–Trinajstić information content (AvgIpc) is 2.97. The maximum Gasteiger partial charge on any atom is 0.410 e. The van der Waals surface area contributed by atoms with Gasteiger partial charge in [0.2, 0.25) is 5.28 Å². The molecule has 3 rings (SSSR count). The number of halogens is 2. The first-order valence-corrected chi connectivity index (χ1v) is 9.59. The highest BCUT2D eigenvalue weighted by atomic mass is 35.5. The van der Waals surface area contributed by atoms with Crippen molar-refractivity contribution in [3.63, 3.8) is 0 Å². The first-order chi connectivity index (χ1) is 12.7. The first kappa shape index (κ1) is 19.9. The third kappa shape index (κ3) is 4.52. The second kappa shape index (κ2) is 7.64. The Kier molecular flexibility index (Phi) is 5.63. The summed E-state index contributed by atoms with van der Waals surface area (Å²) in [5.74, 6) is 1.19. The van der Waals surface area contributed by atoms with E-state index in [2.05, 4.69) is 15.0 Å². The molecule has 0 aromatic carbocycles. The molecular weight excluding hydrogens is 389 g/mol. The van der Waals surface area contributed by atoms with Crippen molar-refractivity contribution < 1.29 is 9.53 Å². The van der Waals surface area contributed by atoms with Crippen LogP contribution >= 0.6 is 23.2 Å². The Morgan fingerprint density at radius 1 is 1.19 bits per heavy atom. The Morgan fingerprint density at radius 2 is 1.85 bits per heavy atom. The van der Waals surface area contributed by atoms with Gasteiger partial charge in [-0.1, -0.05) is 11.6 Å². The Morgan fingerprint density at radius 3 is 2.48 bits per heavy atom. The third-order valence-electron chi connectivity index (χ3n) is 4.49. The van der Waals surface area contributed by atoms with Gasteiger partial charge in [0.25, 0.3) is 0 Å². The number of ether oxygens (including phenoxy) is 1. The number of hydrogen-bond donors (Lipinski definition) is 0. The van der Waals surface area contributed by atoms with Crippen molar-refractivity contribution in [2.75, 3.05) is 13.1 Å². The van der Waals surface area contributed by atoms with Crippen LogP contribution in [0.25, 0.3) is 11.4 Å². The van der Waals surface area contributed by atoms with Crippen LogP contribution in [-0.4, -0.2) is 49.2 Å². The standard InChI is InChI=1S/C18H23Cl2N5O2/c1-18(2,3)27-17(26)25-7-5-11(6-8-25)15-21-10-13(24(15)4)14-12(19)9-22-16(20)23-14/h9-11H,5-8H2,1-4H3. The number of imidazole rings is 1. The van der Waals surface area contributed by atoms with E-state index in [4.69, 9.17) is 27.9 Å². The zero-order valence-corrected chi connectivity index (χ0v) is 17.4. The maximum absolute atomic E-state index is 12.2. The SMILES string of the molecule is Cn1c(-c2nc(Cl)ncc2Cl)cnc1C1CCN(C(=O)OC(C)(C)C)CC1. The Labute approximate surface area is 168 Å². The van der Waals surface area contributed by atoms with Crippen LogP contribution in [0.3, 0.4) is 0 Å². The number of amides is 1. The molecule has 7 nitrogen and oxygen atoms in total. The summed E-state index contributed by atoms with van der Waals surface area (Å²) in [5, 5.41) is 0.566. The topological polar surface area (TPSA) is 73.1 Å². The molecule has 0 N–H and O–H groups in total. The molecule has 2 aromatic heterocycles. The number of hydrogen-bond acceptors (Lipinski definition) is 5. The number of likely N-dealkylation sites (tertiary alicyclic amines) is 1. The predicted molar refractivity (Wildman–Crippen MR) is 104 cm³/mol. The summed E-state index contributed by atoms with van der Waals surface area (Å²) in [5.41, 5.74) is 0.860. The van der Waals surface area contributed by atoms with Crippen molar-refractivity contribution in [1.82, 2.24) is 24.4 Å². The lowest BCUT2D eigenvalue weighted by Crippen LogP contribution is -2.41. The fourth-order valence-corrected chi connectivity index (χ4v) is 3.52. The van der Waals surface area contributed by atoms with Crippen LogP contribution in [0, 0.1) is 0 Å². The largest absolute Gasteiger partial charge is 0.444 e. The smallest absolute Gasteiger partial charge is 0.410 e. The van der Waals surface area contributed by atoms with Gasteiger partial charge >= 0.3 is 6.09 Å². The summed E-state index contributed by atoms with van der Waals surface area (Å²) in [7, 11) is 1.93. The lowest BCUT2D eigenvalue weighted by atomic mass is 9.96. The van der Waals surface area contributed by atoms with Crippen LogP contribution in [0.15, 0.2) is 12.4 Å². The Balaban J connectivity index is 1.72.